The van der Waals surface area contributed by atoms with Crippen molar-refractivity contribution in [2.45, 2.75) is 6.54 Å². The van der Waals surface area contributed by atoms with Crippen molar-refractivity contribution in [2.75, 3.05) is 0 Å². The Balaban J connectivity index is 1.72. The summed E-state index contributed by atoms with van der Waals surface area (Å²) >= 11 is 0. The van der Waals surface area contributed by atoms with Gasteiger partial charge in [0, 0.05) is 17.2 Å². The Bertz CT molecular complexity index is 1070. The van der Waals surface area contributed by atoms with Gasteiger partial charge in [0.25, 0.3) is 0 Å². The van der Waals surface area contributed by atoms with Crippen LogP contribution < -0.4 is 0 Å². The monoisotopic (exact) mass is 309 g/mol. The van der Waals surface area contributed by atoms with Crippen molar-refractivity contribution in [3.63, 3.8) is 0 Å². The minimum atomic E-state index is 0.653. The third kappa shape index (κ3) is 2.00. The van der Waals surface area contributed by atoms with E-state index in [1.54, 1.807) is 0 Å². The van der Waals surface area contributed by atoms with Crippen LogP contribution in [-0.4, -0.2) is 6.21 Å². The molecule has 0 unspecified atom stereocenters. The first kappa shape index (κ1) is 13.3. The maximum Gasteiger partial charge on any atom is 0.135 e. The van der Waals surface area contributed by atoms with E-state index in [0.29, 0.717) is 6.54 Å². The highest BCUT2D eigenvalue weighted by Gasteiger charge is 2.17. The van der Waals surface area contributed by atoms with Gasteiger partial charge in [-0.3, -0.25) is 4.99 Å². The summed E-state index contributed by atoms with van der Waals surface area (Å²) in [6.45, 7) is 0.653. The molecule has 114 valence electrons. The van der Waals surface area contributed by atoms with Gasteiger partial charge >= 0.3 is 0 Å². The lowest BCUT2D eigenvalue weighted by Crippen LogP contribution is -1.85. The molecule has 1 aliphatic rings. The number of rotatable bonds is 2. The fraction of sp³-hybridized carbons (Fsp3) is 0.0455. The highest BCUT2D eigenvalue weighted by molar-refractivity contribution is 6.02. The molecule has 2 heteroatoms. The summed E-state index contributed by atoms with van der Waals surface area (Å²) in [5, 5.41) is 1.15. The molecule has 0 N–H and O–H groups in total. The molecule has 0 bridgehead atoms. The van der Waals surface area contributed by atoms with Crippen LogP contribution in [-0.2, 0) is 6.54 Å². The van der Waals surface area contributed by atoms with Crippen LogP contribution in [0.3, 0.4) is 0 Å². The Morgan fingerprint density at radius 3 is 2.33 bits per heavy atom. The Morgan fingerprint density at radius 1 is 0.750 bits per heavy atom. The Morgan fingerprint density at radius 2 is 1.50 bits per heavy atom. The maximum atomic E-state index is 5.89. The molecule has 0 aliphatic carbocycles. The van der Waals surface area contributed by atoms with E-state index in [-0.39, 0.29) is 0 Å². The van der Waals surface area contributed by atoms with Gasteiger partial charge in [-0.1, -0.05) is 60.7 Å². The molecule has 24 heavy (non-hydrogen) atoms. The second-order valence-corrected chi connectivity index (χ2v) is 6.03. The predicted octanol–water partition coefficient (Wildman–Crippen LogP) is 5.70. The summed E-state index contributed by atoms with van der Waals surface area (Å²) in [5.74, 6) is 0.971. The lowest BCUT2D eigenvalue weighted by atomic mass is 9.94. The molecule has 1 aromatic heterocycles. The van der Waals surface area contributed by atoms with Gasteiger partial charge in [-0.15, -0.1) is 0 Å². The minimum Gasteiger partial charge on any atom is -0.458 e. The van der Waals surface area contributed by atoms with Crippen molar-refractivity contribution >= 4 is 17.2 Å². The van der Waals surface area contributed by atoms with Crippen molar-refractivity contribution < 1.29 is 4.42 Å². The summed E-state index contributed by atoms with van der Waals surface area (Å²) in [7, 11) is 0. The molecule has 5 rings (SSSR count). The molecule has 0 spiro atoms. The summed E-state index contributed by atoms with van der Waals surface area (Å²) in [6, 6.07) is 25.5. The van der Waals surface area contributed by atoms with Crippen LogP contribution in [0, 0.1) is 0 Å². The van der Waals surface area contributed by atoms with E-state index in [9.17, 15) is 0 Å². The fourth-order valence-corrected chi connectivity index (χ4v) is 3.42. The Labute approximate surface area is 140 Å². The van der Waals surface area contributed by atoms with Crippen LogP contribution in [0.5, 0.6) is 0 Å². The normalized spacial score (nSPS) is 12.7. The quantitative estimate of drug-likeness (QED) is 0.466. The van der Waals surface area contributed by atoms with E-state index >= 15 is 0 Å². The summed E-state index contributed by atoms with van der Waals surface area (Å²) in [6.07, 6.45) is 1.92. The largest absolute Gasteiger partial charge is 0.458 e. The van der Waals surface area contributed by atoms with E-state index < -0.39 is 0 Å². The van der Waals surface area contributed by atoms with Gasteiger partial charge in [0.1, 0.15) is 11.3 Å². The van der Waals surface area contributed by atoms with Crippen LogP contribution in [0.1, 0.15) is 11.3 Å². The first-order valence-electron chi connectivity index (χ1n) is 8.10. The van der Waals surface area contributed by atoms with E-state index in [1.807, 2.05) is 12.3 Å². The zero-order chi connectivity index (χ0) is 15.9. The van der Waals surface area contributed by atoms with Gasteiger partial charge in [0.2, 0.25) is 0 Å². The van der Waals surface area contributed by atoms with Crippen molar-refractivity contribution in [3.8, 4) is 22.3 Å². The number of furan rings is 1. The molecule has 0 saturated heterocycles. The topological polar surface area (TPSA) is 25.5 Å². The first-order valence-corrected chi connectivity index (χ1v) is 8.10. The summed E-state index contributed by atoms with van der Waals surface area (Å²) < 4.78 is 5.89. The smallest absolute Gasteiger partial charge is 0.135 e. The van der Waals surface area contributed by atoms with Gasteiger partial charge in [-0.2, -0.15) is 0 Å². The molecular weight excluding hydrogens is 294 g/mol. The number of benzene rings is 3. The molecule has 0 saturated carbocycles. The molecule has 4 aromatic rings. The highest BCUT2D eigenvalue weighted by Crippen LogP contribution is 2.36. The van der Waals surface area contributed by atoms with Crippen molar-refractivity contribution in [2.24, 2.45) is 4.99 Å². The lowest BCUT2D eigenvalue weighted by Gasteiger charge is -2.10. The van der Waals surface area contributed by atoms with Crippen molar-refractivity contribution in [1.29, 1.82) is 0 Å². The summed E-state index contributed by atoms with van der Waals surface area (Å²) in [4.78, 5) is 4.31. The molecule has 0 atom stereocenters. The van der Waals surface area contributed by atoms with E-state index in [2.05, 4.69) is 71.7 Å². The average Bonchev–Trinajstić information content (AvgIpc) is 3.23. The molecule has 0 amide bonds. The SMILES string of the molecule is C1=NCc2oc3ccc(-c4ccccc4-c4ccccc4)cc3c21. The molecule has 0 fully saturated rings. The maximum absolute atomic E-state index is 5.89. The predicted molar refractivity (Wildman–Crippen MR) is 98.4 cm³/mol. The van der Waals surface area contributed by atoms with Crippen LogP contribution in [0.25, 0.3) is 33.2 Å². The third-order valence-corrected chi connectivity index (χ3v) is 4.58. The van der Waals surface area contributed by atoms with Crippen LogP contribution in [0.4, 0.5) is 0 Å². The lowest BCUT2D eigenvalue weighted by molar-refractivity contribution is 0.557. The Kier molecular flexibility index (Phi) is 2.89. The standard InChI is InChI=1S/C22H15NO/c1-2-6-15(7-3-1)17-8-4-5-9-18(17)16-10-11-21-19(12-16)20-13-23-14-22(20)24-21/h1-13H,14H2. The highest BCUT2D eigenvalue weighted by atomic mass is 16.3. The van der Waals surface area contributed by atoms with Crippen LogP contribution in [0.2, 0.25) is 0 Å². The fourth-order valence-electron chi connectivity index (χ4n) is 3.42. The van der Waals surface area contributed by atoms with Crippen LogP contribution >= 0.6 is 0 Å². The molecule has 2 nitrogen and oxygen atoms in total. The second kappa shape index (κ2) is 5.20. The summed E-state index contributed by atoms with van der Waals surface area (Å²) in [5.41, 5.74) is 6.97. The molecule has 1 aliphatic heterocycles. The van der Waals surface area contributed by atoms with Gasteiger partial charge < -0.3 is 4.42 Å². The zero-order valence-electron chi connectivity index (χ0n) is 13.1. The molecule has 0 radical (unpaired) electrons. The number of hydrogen-bond acceptors (Lipinski definition) is 2. The number of nitrogens with zero attached hydrogens (tertiary/aromatic N) is 1. The van der Waals surface area contributed by atoms with Gasteiger partial charge in [0.15, 0.2) is 0 Å². The third-order valence-electron chi connectivity index (χ3n) is 4.58. The van der Waals surface area contributed by atoms with E-state index in [1.165, 1.54) is 22.3 Å². The van der Waals surface area contributed by atoms with E-state index in [4.69, 9.17) is 4.42 Å². The molecule has 3 aromatic carbocycles. The van der Waals surface area contributed by atoms with E-state index in [0.717, 1.165) is 22.3 Å². The number of hydrogen-bond donors (Lipinski definition) is 0. The van der Waals surface area contributed by atoms with Gasteiger partial charge in [-0.25, -0.2) is 0 Å². The molecular formula is C22H15NO. The van der Waals surface area contributed by atoms with Crippen molar-refractivity contribution in [1.82, 2.24) is 0 Å². The number of aliphatic imine (C=N–C) groups is 1. The van der Waals surface area contributed by atoms with Gasteiger partial charge in [0.05, 0.1) is 6.54 Å². The number of fused-ring (bicyclic) bond motifs is 3. The van der Waals surface area contributed by atoms with Crippen LogP contribution in [0.15, 0.2) is 82.2 Å². The first-order chi connectivity index (χ1) is 11.9. The van der Waals surface area contributed by atoms with Gasteiger partial charge in [-0.05, 0) is 34.4 Å². The van der Waals surface area contributed by atoms with Crippen molar-refractivity contribution in [3.05, 3.63) is 84.1 Å². The zero-order valence-corrected chi connectivity index (χ0v) is 13.1. The Hall–Kier alpha value is -3.13. The average molecular weight is 309 g/mol. The molecule has 2 heterocycles. The minimum absolute atomic E-state index is 0.653. The second-order valence-electron chi connectivity index (χ2n) is 6.03.